The maximum absolute atomic E-state index is 13.0. The zero-order chi connectivity index (χ0) is 19.6. The molecule has 2 aliphatic rings. The molecule has 0 spiro atoms. The van der Waals surface area contributed by atoms with E-state index in [1.165, 1.54) is 32.2 Å². The van der Waals surface area contributed by atoms with Crippen LogP contribution in [0.2, 0.25) is 0 Å². The molecule has 0 bridgehead atoms. The van der Waals surface area contributed by atoms with Gasteiger partial charge in [-0.1, -0.05) is 48.5 Å². The van der Waals surface area contributed by atoms with Gasteiger partial charge in [0, 0.05) is 25.9 Å². The number of aromatic nitrogens is 1. The number of hydrogen-bond acceptors (Lipinski definition) is 3. The van der Waals surface area contributed by atoms with Crippen molar-refractivity contribution in [2.45, 2.75) is 25.3 Å². The van der Waals surface area contributed by atoms with Gasteiger partial charge in [0.05, 0.1) is 16.8 Å². The van der Waals surface area contributed by atoms with Crippen LogP contribution in [0.1, 0.15) is 35.9 Å². The summed E-state index contributed by atoms with van der Waals surface area (Å²) in [6, 6.07) is 19.2. The summed E-state index contributed by atoms with van der Waals surface area (Å²) in [5.41, 5.74) is 3.72. The Balaban J connectivity index is 1.25. The second-order valence-corrected chi connectivity index (χ2v) is 9.05. The number of thiazole rings is 1. The molecule has 4 nitrogen and oxygen atoms in total. The number of nitrogens with one attached hydrogen (secondary N) is 1. The molecule has 29 heavy (non-hydrogen) atoms. The molecule has 5 rings (SSSR count). The van der Waals surface area contributed by atoms with Crippen molar-refractivity contribution in [2.24, 2.45) is 0 Å². The van der Waals surface area contributed by atoms with Crippen molar-refractivity contribution in [3.63, 3.8) is 0 Å². The van der Waals surface area contributed by atoms with E-state index in [1.807, 2.05) is 17.0 Å². The van der Waals surface area contributed by atoms with E-state index in [0.29, 0.717) is 12.6 Å². The quantitative estimate of drug-likeness (QED) is 0.724. The zero-order valence-electron chi connectivity index (χ0n) is 16.5. The molecule has 1 saturated heterocycles. The second kappa shape index (κ2) is 8.09. The van der Waals surface area contributed by atoms with E-state index in [9.17, 15) is 4.79 Å². The van der Waals surface area contributed by atoms with Crippen molar-refractivity contribution in [3.05, 3.63) is 71.2 Å². The SMILES string of the molecule is O=C(C[NH+]1CCC[C@H]1c1nc2ccccc2s1)N1CC=C(c2ccccc2)CC1. The molecule has 3 heterocycles. The van der Waals surface area contributed by atoms with Gasteiger partial charge in [-0.05, 0) is 29.7 Å². The van der Waals surface area contributed by atoms with Crippen molar-refractivity contribution in [2.75, 3.05) is 26.2 Å². The lowest BCUT2D eigenvalue weighted by Crippen LogP contribution is -3.11. The molecular formula is C24H26N3OS+. The maximum Gasteiger partial charge on any atom is 0.278 e. The highest BCUT2D eigenvalue weighted by atomic mass is 32.1. The van der Waals surface area contributed by atoms with Crippen molar-refractivity contribution in [3.8, 4) is 0 Å². The molecule has 0 aliphatic carbocycles. The Bertz CT molecular complexity index is 1010. The maximum atomic E-state index is 13.0. The van der Waals surface area contributed by atoms with Gasteiger partial charge in [-0.3, -0.25) is 4.79 Å². The fourth-order valence-electron chi connectivity index (χ4n) is 4.58. The van der Waals surface area contributed by atoms with E-state index < -0.39 is 0 Å². The Morgan fingerprint density at radius 2 is 1.97 bits per heavy atom. The van der Waals surface area contributed by atoms with Crippen LogP contribution in [0.5, 0.6) is 0 Å². The highest BCUT2D eigenvalue weighted by Crippen LogP contribution is 2.28. The van der Waals surface area contributed by atoms with Crippen LogP contribution in [0.3, 0.4) is 0 Å². The Morgan fingerprint density at radius 1 is 1.14 bits per heavy atom. The third kappa shape index (κ3) is 3.85. The fraction of sp³-hybridized carbons (Fsp3) is 0.333. The lowest BCUT2D eigenvalue weighted by molar-refractivity contribution is -0.910. The third-order valence-corrected chi connectivity index (χ3v) is 7.33. The van der Waals surface area contributed by atoms with Crippen molar-refractivity contribution >= 4 is 33.0 Å². The van der Waals surface area contributed by atoms with E-state index in [1.54, 1.807) is 11.3 Å². The smallest absolute Gasteiger partial charge is 0.278 e. The average Bonchev–Trinajstić information content (AvgIpc) is 3.41. The summed E-state index contributed by atoms with van der Waals surface area (Å²) in [5, 5.41) is 1.19. The van der Waals surface area contributed by atoms with Crippen molar-refractivity contribution < 1.29 is 9.69 Å². The average molecular weight is 405 g/mol. The number of carbonyl (C=O) groups excluding carboxylic acids is 1. The largest absolute Gasteiger partial charge is 0.334 e. The summed E-state index contributed by atoms with van der Waals surface area (Å²) in [6.45, 7) is 3.18. The van der Waals surface area contributed by atoms with Crippen LogP contribution < -0.4 is 4.90 Å². The summed E-state index contributed by atoms with van der Waals surface area (Å²) in [5.74, 6) is 0.274. The van der Waals surface area contributed by atoms with Gasteiger partial charge in [-0.25, -0.2) is 4.98 Å². The van der Waals surface area contributed by atoms with Crippen LogP contribution >= 0.6 is 11.3 Å². The van der Waals surface area contributed by atoms with Gasteiger partial charge < -0.3 is 9.80 Å². The molecule has 0 radical (unpaired) electrons. The number of quaternary nitrogens is 1. The number of rotatable bonds is 4. The normalized spacial score (nSPS) is 22.1. The lowest BCUT2D eigenvalue weighted by atomic mass is 9.99. The first kappa shape index (κ1) is 18.5. The van der Waals surface area contributed by atoms with Gasteiger partial charge in [0.2, 0.25) is 0 Å². The Labute approximate surface area is 175 Å². The van der Waals surface area contributed by atoms with Crippen LogP contribution in [0.4, 0.5) is 0 Å². The molecule has 2 atom stereocenters. The van der Waals surface area contributed by atoms with E-state index in [4.69, 9.17) is 4.98 Å². The molecular weight excluding hydrogens is 378 g/mol. The number of likely N-dealkylation sites (tertiary alicyclic amines) is 1. The summed E-state index contributed by atoms with van der Waals surface area (Å²) in [7, 11) is 0. The number of para-hydroxylation sites is 1. The van der Waals surface area contributed by atoms with Crippen LogP contribution in [0.25, 0.3) is 15.8 Å². The van der Waals surface area contributed by atoms with Gasteiger partial charge in [-0.15, -0.1) is 11.3 Å². The first-order valence-electron chi connectivity index (χ1n) is 10.5. The van der Waals surface area contributed by atoms with E-state index in [0.717, 1.165) is 38.0 Å². The Kier molecular flexibility index (Phi) is 5.17. The number of nitrogens with zero attached hydrogens (tertiary/aromatic N) is 2. The topological polar surface area (TPSA) is 37.6 Å². The summed E-state index contributed by atoms with van der Waals surface area (Å²) < 4.78 is 1.25. The zero-order valence-corrected chi connectivity index (χ0v) is 17.3. The summed E-state index contributed by atoms with van der Waals surface area (Å²) in [6.07, 6.45) is 5.45. The van der Waals surface area contributed by atoms with E-state index in [2.05, 4.69) is 48.5 Å². The second-order valence-electron chi connectivity index (χ2n) is 7.98. The highest BCUT2D eigenvalue weighted by molar-refractivity contribution is 7.18. The van der Waals surface area contributed by atoms with Gasteiger partial charge in [0.25, 0.3) is 5.91 Å². The molecule has 1 aromatic heterocycles. The number of hydrogen-bond donors (Lipinski definition) is 1. The molecule has 1 amide bonds. The van der Waals surface area contributed by atoms with Gasteiger partial charge in [0.1, 0.15) is 6.04 Å². The van der Waals surface area contributed by atoms with E-state index >= 15 is 0 Å². The summed E-state index contributed by atoms with van der Waals surface area (Å²) >= 11 is 1.79. The molecule has 5 heteroatoms. The number of benzene rings is 2. The Hall–Kier alpha value is -2.50. The van der Waals surface area contributed by atoms with Crippen molar-refractivity contribution in [1.29, 1.82) is 0 Å². The minimum atomic E-state index is 0.274. The predicted molar refractivity (Wildman–Crippen MR) is 118 cm³/mol. The van der Waals surface area contributed by atoms with Crippen molar-refractivity contribution in [1.82, 2.24) is 9.88 Å². The number of fused-ring (bicyclic) bond motifs is 1. The minimum Gasteiger partial charge on any atom is -0.334 e. The minimum absolute atomic E-state index is 0.274. The first-order chi connectivity index (χ1) is 14.3. The molecule has 1 unspecified atom stereocenters. The number of amides is 1. The molecule has 0 saturated carbocycles. The third-order valence-electron chi connectivity index (χ3n) is 6.18. The van der Waals surface area contributed by atoms with Crippen LogP contribution in [-0.4, -0.2) is 42.0 Å². The van der Waals surface area contributed by atoms with Crippen LogP contribution in [0.15, 0.2) is 60.7 Å². The van der Waals surface area contributed by atoms with Crippen LogP contribution in [-0.2, 0) is 4.79 Å². The molecule has 1 N–H and O–H groups in total. The number of carbonyl (C=O) groups is 1. The molecule has 2 aromatic carbocycles. The lowest BCUT2D eigenvalue weighted by Gasteiger charge is -2.28. The van der Waals surface area contributed by atoms with E-state index in [-0.39, 0.29) is 5.91 Å². The molecule has 148 valence electrons. The Morgan fingerprint density at radius 3 is 2.76 bits per heavy atom. The fourth-order valence-corrected chi connectivity index (χ4v) is 5.74. The predicted octanol–water partition coefficient (Wildman–Crippen LogP) is 3.33. The molecule has 2 aliphatic heterocycles. The monoisotopic (exact) mass is 404 g/mol. The molecule has 3 aromatic rings. The standard InChI is InChI=1S/C24H25N3OS/c28-23(26-15-12-19(13-16-26)18-7-2-1-3-8-18)17-27-14-6-10-21(27)24-25-20-9-4-5-11-22(20)29-24/h1-5,7-9,11-12,21H,6,10,13-17H2/p+1/t21-/m0/s1. The van der Waals surface area contributed by atoms with Crippen LogP contribution in [0, 0.1) is 0 Å². The molecule has 1 fully saturated rings. The summed E-state index contributed by atoms with van der Waals surface area (Å²) in [4.78, 5) is 21.3. The highest BCUT2D eigenvalue weighted by Gasteiger charge is 2.35. The van der Waals surface area contributed by atoms with Gasteiger partial charge in [-0.2, -0.15) is 0 Å². The van der Waals surface area contributed by atoms with Gasteiger partial charge in [0.15, 0.2) is 11.6 Å². The first-order valence-corrected chi connectivity index (χ1v) is 11.3. The van der Waals surface area contributed by atoms with Gasteiger partial charge >= 0.3 is 0 Å².